The zero-order chi connectivity index (χ0) is 16.2. The van der Waals surface area contributed by atoms with Crippen LogP contribution in [0.5, 0.6) is 0 Å². The van der Waals surface area contributed by atoms with Gasteiger partial charge in [0.15, 0.2) is 0 Å². The Morgan fingerprint density at radius 1 is 1.30 bits per heavy atom. The molecule has 1 fully saturated rings. The number of hydrogen-bond acceptors (Lipinski definition) is 3. The minimum absolute atomic E-state index is 0.0580. The summed E-state index contributed by atoms with van der Waals surface area (Å²) in [6, 6.07) is 14.6. The third kappa shape index (κ3) is 3.71. The summed E-state index contributed by atoms with van der Waals surface area (Å²) in [5.74, 6) is 0.189. The van der Waals surface area contributed by atoms with E-state index in [1.807, 2.05) is 12.1 Å². The lowest BCUT2D eigenvalue weighted by Crippen LogP contribution is -2.30. The van der Waals surface area contributed by atoms with Crippen LogP contribution in [0.3, 0.4) is 0 Å². The first kappa shape index (κ1) is 16.0. The molecular formula is C19H24N2O2. The molecule has 2 aromatic rings. The minimum atomic E-state index is -0.233. The average Bonchev–Trinajstić information content (AvgIpc) is 2.98. The molecule has 3 rings (SSSR count). The van der Waals surface area contributed by atoms with Crippen LogP contribution in [0.4, 0.5) is 0 Å². The Labute approximate surface area is 137 Å². The topological polar surface area (TPSA) is 52.6 Å². The summed E-state index contributed by atoms with van der Waals surface area (Å²) >= 11 is 0. The maximum absolute atomic E-state index is 12.0. The second-order valence-electron chi connectivity index (χ2n) is 6.34. The molecule has 2 N–H and O–H groups in total. The number of nitrogens with zero attached hydrogens (tertiary/aromatic N) is 1. The fourth-order valence-electron chi connectivity index (χ4n) is 3.49. The molecule has 0 aromatic heterocycles. The molecule has 1 saturated heterocycles. The summed E-state index contributed by atoms with van der Waals surface area (Å²) in [7, 11) is 1.68. The Hall–Kier alpha value is -1.91. The number of aliphatic hydroxyl groups excluding tert-OH is 1. The molecule has 23 heavy (non-hydrogen) atoms. The van der Waals surface area contributed by atoms with Crippen molar-refractivity contribution in [3.63, 3.8) is 0 Å². The molecule has 4 nitrogen and oxygen atoms in total. The summed E-state index contributed by atoms with van der Waals surface area (Å²) in [5, 5.41) is 14.9. The fraction of sp³-hybridized carbons (Fsp3) is 0.421. The van der Waals surface area contributed by atoms with E-state index in [0.29, 0.717) is 13.0 Å². The molecule has 2 aromatic carbocycles. The first-order chi connectivity index (χ1) is 11.2. The third-order valence-corrected chi connectivity index (χ3v) is 4.70. The molecule has 122 valence electrons. The molecule has 4 heteroatoms. The number of benzene rings is 2. The number of β-amino-alcohol motifs (C(OH)–C–C–N with tert-alkyl or cyclic N) is 1. The first-order valence-corrected chi connectivity index (χ1v) is 8.26. The second-order valence-corrected chi connectivity index (χ2v) is 6.34. The van der Waals surface area contributed by atoms with E-state index >= 15 is 0 Å². The molecule has 0 aliphatic carbocycles. The van der Waals surface area contributed by atoms with Crippen molar-refractivity contribution in [2.24, 2.45) is 0 Å². The third-order valence-electron chi connectivity index (χ3n) is 4.70. The monoisotopic (exact) mass is 312 g/mol. The van der Waals surface area contributed by atoms with Crippen molar-refractivity contribution in [3.05, 3.63) is 48.0 Å². The Kier molecular flexibility index (Phi) is 4.94. The number of carbonyl (C=O) groups is 1. The molecule has 1 amide bonds. The number of carbonyl (C=O) groups excluding carboxylic acids is 1. The van der Waals surface area contributed by atoms with Crippen molar-refractivity contribution < 1.29 is 9.90 Å². The van der Waals surface area contributed by atoms with Crippen LogP contribution in [0.2, 0.25) is 0 Å². The Morgan fingerprint density at radius 3 is 2.83 bits per heavy atom. The lowest BCUT2D eigenvalue weighted by Gasteiger charge is -2.24. The van der Waals surface area contributed by atoms with Gasteiger partial charge < -0.3 is 15.3 Å². The molecule has 2 atom stereocenters. The normalized spacial score (nSPS) is 19.8. The maximum atomic E-state index is 12.0. The molecule has 0 bridgehead atoms. The number of rotatable bonds is 5. The van der Waals surface area contributed by atoms with Gasteiger partial charge in [0.05, 0.1) is 6.10 Å². The van der Waals surface area contributed by atoms with Crippen molar-refractivity contribution in [1.82, 2.24) is 10.2 Å². The summed E-state index contributed by atoms with van der Waals surface area (Å²) in [5.41, 5.74) is 1.22. The van der Waals surface area contributed by atoms with Gasteiger partial charge in [0.1, 0.15) is 0 Å². The Bertz CT molecular complexity index is 681. The van der Waals surface area contributed by atoms with Crippen LogP contribution >= 0.6 is 0 Å². The quantitative estimate of drug-likeness (QED) is 0.889. The van der Waals surface area contributed by atoms with Crippen LogP contribution in [-0.2, 0) is 4.79 Å². The van der Waals surface area contributed by atoms with Gasteiger partial charge in [-0.05, 0) is 22.8 Å². The Balaban J connectivity index is 1.91. The van der Waals surface area contributed by atoms with Gasteiger partial charge in [-0.2, -0.15) is 0 Å². The average molecular weight is 312 g/mol. The van der Waals surface area contributed by atoms with Gasteiger partial charge in [-0.1, -0.05) is 42.5 Å². The van der Waals surface area contributed by atoms with Gasteiger partial charge in [-0.25, -0.2) is 0 Å². The number of fused-ring (bicyclic) bond motifs is 1. The molecular weight excluding hydrogens is 288 g/mol. The molecule has 0 unspecified atom stereocenters. The molecule has 0 saturated carbocycles. The van der Waals surface area contributed by atoms with Gasteiger partial charge in [0.25, 0.3) is 0 Å². The smallest absolute Gasteiger partial charge is 0.220 e. The van der Waals surface area contributed by atoms with Gasteiger partial charge in [-0.15, -0.1) is 0 Å². The van der Waals surface area contributed by atoms with E-state index in [2.05, 4.69) is 40.5 Å². The highest BCUT2D eigenvalue weighted by atomic mass is 16.3. The van der Waals surface area contributed by atoms with E-state index in [4.69, 9.17) is 0 Å². The van der Waals surface area contributed by atoms with Crippen molar-refractivity contribution in [1.29, 1.82) is 0 Å². The van der Waals surface area contributed by atoms with Gasteiger partial charge >= 0.3 is 0 Å². The molecule has 0 spiro atoms. The number of likely N-dealkylation sites (tertiary alicyclic amines) is 1. The zero-order valence-electron chi connectivity index (χ0n) is 13.5. The summed E-state index contributed by atoms with van der Waals surface area (Å²) in [4.78, 5) is 14.3. The van der Waals surface area contributed by atoms with Crippen LogP contribution in [0.1, 0.15) is 24.3 Å². The van der Waals surface area contributed by atoms with E-state index in [1.165, 1.54) is 16.3 Å². The molecule has 1 aliphatic heterocycles. The number of aliphatic hydroxyl groups is 1. The van der Waals surface area contributed by atoms with Crippen LogP contribution < -0.4 is 5.32 Å². The van der Waals surface area contributed by atoms with Gasteiger partial charge in [0.2, 0.25) is 5.91 Å². The number of amides is 1. The standard InChI is InChI=1S/C19H24N2O2/c1-20-19(23)11-15(12-21-10-9-16(22)13-21)18-8-4-6-14-5-2-3-7-17(14)18/h2-8,15-16,22H,9-13H2,1H3,(H,20,23)/t15-,16+/m1/s1. The van der Waals surface area contributed by atoms with Gasteiger partial charge in [0, 0.05) is 39.0 Å². The van der Waals surface area contributed by atoms with Gasteiger partial charge in [-0.3, -0.25) is 4.79 Å². The minimum Gasteiger partial charge on any atom is -0.392 e. The number of hydrogen-bond donors (Lipinski definition) is 2. The summed E-state index contributed by atoms with van der Waals surface area (Å²) in [6.45, 7) is 2.41. The molecule has 0 radical (unpaired) electrons. The van der Waals surface area contributed by atoms with Crippen LogP contribution in [0, 0.1) is 0 Å². The largest absolute Gasteiger partial charge is 0.392 e. The van der Waals surface area contributed by atoms with E-state index in [1.54, 1.807) is 7.05 Å². The first-order valence-electron chi connectivity index (χ1n) is 8.26. The van der Waals surface area contributed by atoms with Crippen molar-refractivity contribution >= 4 is 16.7 Å². The van der Waals surface area contributed by atoms with Crippen molar-refractivity contribution in [2.45, 2.75) is 24.9 Å². The lowest BCUT2D eigenvalue weighted by atomic mass is 9.90. The van der Waals surface area contributed by atoms with E-state index in [-0.39, 0.29) is 17.9 Å². The predicted molar refractivity (Wildman–Crippen MR) is 92.4 cm³/mol. The fourth-order valence-corrected chi connectivity index (χ4v) is 3.49. The van der Waals surface area contributed by atoms with E-state index < -0.39 is 0 Å². The zero-order valence-corrected chi connectivity index (χ0v) is 13.5. The van der Waals surface area contributed by atoms with E-state index in [0.717, 1.165) is 19.5 Å². The summed E-state index contributed by atoms with van der Waals surface area (Å²) in [6.07, 6.45) is 1.06. The lowest BCUT2D eigenvalue weighted by molar-refractivity contribution is -0.121. The van der Waals surface area contributed by atoms with Crippen molar-refractivity contribution in [3.8, 4) is 0 Å². The van der Waals surface area contributed by atoms with Crippen LogP contribution in [0.15, 0.2) is 42.5 Å². The second kappa shape index (κ2) is 7.11. The van der Waals surface area contributed by atoms with Crippen LogP contribution in [-0.4, -0.2) is 48.7 Å². The molecule has 1 aliphatic rings. The van der Waals surface area contributed by atoms with Crippen LogP contribution in [0.25, 0.3) is 10.8 Å². The predicted octanol–water partition coefficient (Wildman–Crippen LogP) is 2.13. The molecule has 1 heterocycles. The summed E-state index contributed by atoms with van der Waals surface area (Å²) < 4.78 is 0. The SMILES string of the molecule is CNC(=O)C[C@H](CN1CC[C@H](O)C1)c1cccc2ccccc12. The highest BCUT2D eigenvalue weighted by Crippen LogP contribution is 2.29. The number of nitrogens with one attached hydrogen (secondary N) is 1. The highest BCUT2D eigenvalue weighted by Gasteiger charge is 2.25. The maximum Gasteiger partial charge on any atom is 0.220 e. The van der Waals surface area contributed by atoms with E-state index in [9.17, 15) is 9.90 Å². The highest BCUT2D eigenvalue weighted by molar-refractivity contribution is 5.87. The Morgan fingerprint density at radius 2 is 2.09 bits per heavy atom. The van der Waals surface area contributed by atoms with Crippen molar-refractivity contribution in [2.75, 3.05) is 26.7 Å².